The highest BCUT2D eigenvalue weighted by atomic mass is 35.5. The zero-order valence-corrected chi connectivity index (χ0v) is 13.7. The third-order valence-electron chi connectivity index (χ3n) is 3.98. The van der Waals surface area contributed by atoms with Gasteiger partial charge in [0, 0.05) is 29.7 Å². The minimum Gasteiger partial charge on any atom is -0.389 e. The fraction of sp³-hybridized carbons (Fsp3) is 0.533. The van der Waals surface area contributed by atoms with Gasteiger partial charge in [0.25, 0.3) is 0 Å². The molecule has 110 valence electrons. The molecule has 5 heteroatoms. The van der Waals surface area contributed by atoms with E-state index in [2.05, 4.69) is 23.9 Å². The number of benzene rings is 1. The average molecular weight is 312 g/mol. The zero-order valence-electron chi connectivity index (χ0n) is 12.1. The summed E-state index contributed by atoms with van der Waals surface area (Å²) in [4.78, 5) is 5.17. The highest BCUT2D eigenvalue weighted by Crippen LogP contribution is 2.22. The molecule has 0 aromatic heterocycles. The lowest BCUT2D eigenvalue weighted by Crippen LogP contribution is -2.44. The van der Waals surface area contributed by atoms with E-state index in [0.717, 1.165) is 29.2 Å². The van der Waals surface area contributed by atoms with Crippen LogP contribution in [-0.2, 0) is 6.54 Å². The molecule has 1 aliphatic heterocycles. The van der Waals surface area contributed by atoms with Crippen molar-refractivity contribution in [2.45, 2.75) is 25.4 Å². The SMILES string of the molecule is CN1CCCC(N(C)Cc2ccc(C(N)=S)cc2Cl)C1. The summed E-state index contributed by atoms with van der Waals surface area (Å²) >= 11 is 11.3. The minimum atomic E-state index is 0.390. The fourth-order valence-electron chi connectivity index (χ4n) is 2.73. The Morgan fingerprint density at radius 2 is 2.30 bits per heavy atom. The normalized spacial score (nSPS) is 20.3. The van der Waals surface area contributed by atoms with Gasteiger partial charge >= 0.3 is 0 Å². The topological polar surface area (TPSA) is 32.5 Å². The number of hydrogen-bond acceptors (Lipinski definition) is 3. The van der Waals surface area contributed by atoms with Gasteiger partial charge in [0.2, 0.25) is 0 Å². The predicted molar refractivity (Wildman–Crippen MR) is 89.3 cm³/mol. The quantitative estimate of drug-likeness (QED) is 0.866. The van der Waals surface area contributed by atoms with Crippen LogP contribution in [0.4, 0.5) is 0 Å². The molecule has 1 saturated heterocycles. The Kier molecular flexibility index (Phi) is 5.38. The molecule has 0 radical (unpaired) electrons. The number of likely N-dealkylation sites (tertiary alicyclic amines) is 1. The molecule has 1 atom stereocenters. The maximum Gasteiger partial charge on any atom is 0.104 e. The van der Waals surface area contributed by atoms with E-state index < -0.39 is 0 Å². The van der Waals surface area contributed by atoms with Crippen LogP contribution in [0, 0.1) is 0 Å². The second kappa shape index (κ2) is 6.85. The molecule has 1 heterocycles. The van der Waals surface area contributed by atoms with Gasteiger partial charge in [0.05, 0.1) is 0 Å². The van der Waals surface area contributed by atoms with Crippen molar-refractivity contribution >= 4 is 28.8 Å². The van der Waals surface area contributed by atoms with Crippen LogP contribution in [0.5, 0.6) is 0 Å². The molecule has 0 saturated carbocycles. The van der Waals surface area contributed by atoms with E-state index in [1.165, 1.54) is 19.4 Å². The van der Waals surface area contributed by atoms with Crippen LogP contribution >= 0.6 is 23.8 Å². The van der Waals surface area contributed by atoms with Gasteiger partial charge < -0.3 is 10.6 Å². The minimum absolute atomic E-state index is 0.390. The lowest BCUT2D eigenvalue weighted by Gasteiger charge is -2.36. The summed E-state index contributed by atoms with van der Waals surface area (Å²) in [6.07, 6.45) is 2.52. The Balaban J connectivity index is 2.03. The van der Waals surface area contributed by atoms with E-state index in [1.54, 1.807) is 0 Å². The molecule has 20 heavy (non-hydrogen) atoms. The first kappa shape index (κ1) is 15.7. The molecule has 1 aromatic carbocycles. The van der Waals surface area contributed by atoms with Crippen molar-refractivity contribution in [3.63, 3.8) is 0 Å². The Hall–Kier alpha value is -0.680. The van der Waals surface area contributed by atoms with E-state index >= 15 is 0 Å². The van der Waals surface area contributed by atoms with E-state index in [-0.39, 0.29) is 0 Å². The number of thiocarbonyl (C=S) groups is 1. The highest BCUT2D eigenvalue weighted by molar-refractivity contribution is 7.80. The molecule has 0 bridgehead atoms. The Morgan fingerprint density at radius 3 is 2.90 bits per heavy atom. The second-order valence-corrected chi connectivity index (χ2v) is 6.49. The first-order chi connectivity index (χ1) is 9.47. The van der Waals surface area contributed by atoms with E-state index in [0.29, 0.717) is 11.0 Å². The Morgan fingerprint density at radius 1 is 1.55 bits per heavy atom. The number of rotatable bonds is 4. The van der Waals surface area contributed by atoms with Gasteiger partial charge in [-0.2, -0.15) is 0 Å². The second-order valence-electron chi connectivity index (χ2n) is 5.64. The highest BCUT2D eigenvalue weighted by Gasteiger charge is 2.21. The first-order valence-electron chi connectivity index (χ1n) is 6.94. The van der Waals surface area contributed by atoms with Gasteiger partial charge in [0.1, 0.15) is 4.99 Å². The molecule has 1 fully saturated rings. The van der Waals surface area contributed by atoms with Crippen LogP contribution in [0.2, 0.25) is 5.02 Å². The number of likely N-dealkylation sites (N-methyl/N-ethyl adjacent to an activating group) is 2. The maximum absolute atomic E-state index is 6.33. The molecule has 0 amide bonds. The molecule has 2 N–H and O–H groups in total. The summed E-state index contributed by atoms with van der Waals surface area (Å²) < 4.78 is 0. The van der Waals surface area contributed by atoms with E-state index in [4.69, 9.17) is 29.6 Å². The molecule has 2 rings (SSSR count). The van der Waals surface area contributed by atoms with Crippen LogP contribution in [0.25, 0.3) is 0 Å². The molecular formula is C15H22ClN3S. The van der Waals surface area contributed by atoms with Crippen molar-refractivity contribution in [3.8, 4) is 0 Å². The molecule has 1 unspecified atom stereocenters. The molecule has 0 spiro atoms. The third-order valence-corrected chi connectivity index (χ3v) is 4.57. The first-order valence-corrected chi connectivity index (χ1v) is 7.73. The van der Waals surface area contributed by atoms with Crippen LogP contribution < -0.4 is 5.73 Å². The number of nitrogens with two attached hydrogens (primary N) is 1. The van der Waals surface area contributed by atoms with Crippen LogP contribution in [0.3, 0.4) is 0 Å². The van der Waals surface area contributed by atoms with E-state index in [1.807, 2.05) is 18.2 Å². The van der Waals surface area contributed by atoms with Crippen LogP contribution in [0.15, 0.2) is 18.2 Å². The van der Waals surface area contributed by atoms with Gasteiger partial charge in [-0.25, -0.2) is 0 Å². The summed E-state index contributed by atoms with van der Waals surface area (Å²) in [5.74, 6) is 0. The number of piperidine rings is 1. The molecular weight excluding hydrogens is 290 g/mol. The third kappa shape index (κ3) is 3.92. The standard InChI is InChI=1S/C15H22ClN3S/c1-18-7-3-4-13(10-18)19(2)9-12-6-5-11(15(17)20)8-14(12)16/h5-6,8,13H,3-4,7,9-10H2,1-2H3,(H2,17,20). The average Bonchev–Trinajstić information content (AvgIpc) is 2.40. The summed E-state index contributed by atoms with van der Waals surface area (Å²) in [7, 11) is 4.35. The largest absolute Gasteiger partial charge is 0.389 e. The predicted octanol–water partition coefficient (Wildman–Crippen LogP) is 2.50. The smallest absolute Gasteiger partial charge is 0.104 e. The molecule has 3 nitrogen and oxygen atoms in total. The lowest BCUT2D eigenvalue weighted by atomic mass is 10.0. The molecule has 1 aromatic rings. The number of hydrogen-bond donors (Lipinski definition) is 1. The van der Waals surface area contributed by atoms with Crippen molar-refractivity contribution in [2.24, 2.45) is 5.73 Å². The maximum atomic E-state index is 6.33. The van der Waals surface area contributed by atoms with Gasteiger partial charge in [-0.1, -0.05) is 36.0 Å². The van der Waals surface area contributed by atoms with Crippen molar-refractivity contribution in [2.75, 3.05) is 27.2 Å². The molecule has 1 aliphatic rings. The van der Waals surface area contributed by atoms with Crippen molar-refractivity contribution < 1.29 is 0 Å². The zero-order chi connectivity index (χ0) is 14.7. The van der Waals surface area contributed by atoms with Gasteiger partial charge in [0.15, 0.2) is 0 Å². The van der Waals surface area contributed by atoms with E-state index in [9.17, 15) is 0 Å². The van der Waals surface area contributed by atoms with Crippen molar-refractivity contribution in [3.05, 3.63) is 34.3 Å². The fourth-order valence-corrected chi connectivity index (χ4v) is 3.09. The lowest BCUT2D eigenvalue weighted by molar-refractivity contribution is 0.129. The number of halogens is 1. The summed E-state index contributed by atoms with van der Waals surface area (Å²) in [6, 6.07) is 6.43. The van der Waals surface area contributed by atoms with Gasteiger partial charge in [-0.15, -0.1) is 0 Å². The summed E-state index contributed by atoms with van der Waals surface area (Å²) in [5.41, 5.74) is 7.58. The Labute approximate surface area is 131 Å². The molecule has 0 aliphatic carbocycles. The van der Waals surface area contributed by atoms with Crippen molar-refractivity contribution in [1.29, 1.82) is 0 Å². The monoisotopic (exact) mass is 311 g/mol. The van der Waals surface area contributed by atoms with Gasteiger partial charge in [-0.3, -0.25) is 4.90 Å². The van der Waals surface area contributed by atoms with Crippen LogP contribution in [0.1, 0.15) is 24.0 Å². The summed E-state index contributed by atoms with van der Waals surface area (Å²) in [5, 5.41) is 0.742. The summed E-state index contributed by atoms with van der Waals surface area (Å²) in [6.45, 7) is 3.18. The van der Waals surface area contributed by atoms with Crippen LogP contribution in [-0.4, -0.2) is 48.0 Å². The number of nitrogens with zero attached hydrogens (tertiary/aromatic N) is 2. The van der Waals surface area contributed by atoms with Crippen molar-refractivity contribution in [1.82, 2.24) is 9.80 Å². The van der Waals surface area contributed by atoms with Gasteiger partial charge in [-0.05, 0) is 45.1 Å². The Bertz CT molecular complexity index is 492.